The van der Waals surface area contributed by atoms with E-state index in [-0.39, 0.29) is 6.10 Å². The van der Waals surface area contributed by atoms with E-state index >= 15 is 0 Å². The SMILES string of the molecule is Cc1ncsc1CCOC(CNC(C)C)c1ccccc1. The summed E-state index contributed by atoms with van der Waals surface area (Å²) in [6.45, 7) is 7.93. The number of ether oxygens (including phenoxy) is 1. The Hall–Kier alpha value is -1.23. The highest BCUT2D eigenvalue weighted by atomic mass is 32.1. The average Bonchev–Trinajstić information content (AvgIpc) is 2.89. The summed E-state index contributed by atoms with van der Waals surface area (Å²) < 4.78 is 6.12. The van der Waals surface area contributed by atoms with E-state index in [1.54, 1.807) is 11.3 Å². The second-order valence-electron chi connectivity index (χ2n) is 5.44. The van der Waals surface area contributed by atoms with Crippen molar-refractivity contribution in [3.05, 3.63) is 52.0 Å². The number of hydrogen-bond donors (Lipinski definition) is 1. The predicted molar refractivity (Wildman–Crippen MR) is 88.8 cm³/mol. The second-order valence-corrected chi connectivity index (χ2v) is 6.38. The highest BCUT2D eigenvalue weighted by molar-refractivity contribution is 7.09. The molecule has 114 valence electrons. The van der Waals surface area contributed by atoms with Gasteiger partial charge in [-0.05, 0) is 12.5 Å². The van der Waals surface area contributed by atoms with Crippen LogP contribution in [0.25, 0.3) is 0 Å². The molecule has 0 amide bonds. The van der Waals surface area contributed by atoms with Crippen molar-refractivity contribution in [3.63, 3.8) is 0 Å². The van der Waals surface area contributed by atoms with Gasteiger partial charge in [-0.2, -0.15) is 0 Å². The number of aromatic nitrogens is 1. The Morgan fingerprint density at radius 2 is 2.00 bits per heavy atom. The number of nitrogens with zero attached hydrogens (tertiary/aromatic N) is 1. The molecule has 0 spiro atoms. The summed E-state index contributed by atoms with van der Waals surface area (Å²) in [5.41, 5.74) is 4.26. The molecular formula is C17H24N2OS. The third-order valence-corrected chi connectivity index (χ3v) is 4.37. The molecule has 0 saturated carbocycles. The van der Waals surface area contributed by atoms with Crippen molar-refractivity contribution in [2.75, 3.05) is 13.2 Å². The van der Waals surface area contributed by atoms with E-state index in [0.717, 1.165) is 25.3 Å². The molecule has 1 aromatic carbocycles. The Kier molecular flexibility index (Phi) is 6.36. The van der Waals surface area contributed by atoms with E-state index in [9.17, 15) is 0 Å². The molecule has 0 bridgehead atoms. The molecule has 0 saturated heterocycles. The first-order chi connectivity index (χ1) is 10.2. The van der Waals surface area contributed by atoms with E-state index < -0.39 is 0 Å². The van der Waals surface area contributed by atoms with Crippen LogP contribution in [0.4, 0.5) is 0 Å². The molecule has 1 aromatic heterocycles. The number of aryl methyl sites for hydroxylation is 1. The minimum absolute atomic E-state index is 0.0989. The lowest BCUT2D eigenvalue weighted by atomic mass is 10.1. The van der Waals surface area contributed by atoms with Crippen LogP contribution in [0.5, 0.6) is 0 Å². The lowest BCUT2D eigenvalue weighted by Gasteiger charge is -2.20. The molecule has 1 heterocycles. The Morgan fingerprint density at radius 3 is 2.62 bits per heavy atom. The van der Waals surface area contributed by atoms with E-state index in [0.29, 0.717) is 6.04 Å². The minimum Gasteiger partial charge on any atom is -0.372 e. The molecule has 3 nitrogen and oxygen atoms in total. The zero-order valence-corrected chi connectivity index (χ0v) is 13.8. The van der Waals surface area contributed by atoms with Crippen LogP contribution in [0.3, 0.4) is 0 Å². The molecular weight excluding hydrogens is 280 g/mol. The van der Waals surface area contributed by atoms with E-state index in [4.69, 9.17) is 4.74 Å². The lowest BCUT2D eigenvalue weighted by Crippen LogP contribution is -2.29. The van der Waals surface area contributed by atoms with Gasteiger partial charge in [0.05, 0.1) is 23.9 Å². The smallest absolute Gasteiger partial charge is 0.0949 e. The van der Waals surface area contributed by atoms with Crippen LogP contribution in [0.2, 0.25) is 0 Å². The van der Waals surface area contributed by atoms with Crippen LogP contribution >= 0.6 is 11.3 Å². The molecule has 1 unspecified atom stereocenters. The van der Waals surface area contributed by atoms with Gasteiger partial charge >= 0.3 is 0 Å². The van der Waals surface area contributed by atoms with Crippen molar-refractivity contribution in [1.82, 2.24) is 10.3 Å². The third-order valence-electron chi connectivity index (χ3n) is 3.38. The highest BCUT2D eigenvalue weighted by Gasteiger charge is 2.12. The van der Waals surface area contributed by atoms with E-state index in [1.807, 2.05) is 11.6 Å². The van der Waals surface area contributed by atoms with Gasteiger partial charge in [0.1, 0.15) is 0 Å². The van der Waals surface area contributed by atoms with Crippen LogP contribution in [0.15, 0.2) is 35.8 Å². The lowest BCUT2D eigenvalue weighted by molar-refractivity contribution is 0.0536. The molecule has 0 aliphatic rings. The Bertz CT molecular complexity index is 525. The first-order valence-electron chi connectivity index (χ1n) is 7.45. The monoisotopic (exact) mass is 304 g/mol. The van der Waals surface area contributed by atoms with E-state index in [2.05, 4.69) is 55.3 Å². The topological polar surface area (TPSA) is 34.1 Å². The summed E-state index contributed by atoms with van der Waals surface area (Å²) in [6, 6.07) is 10.9. The van der Waals surface area contributed by atoms with Gasteiger partial charge in [-0.3, -0.25) is 0 Å². The summed E-state index contributed by atoms with van der Waals surface area (Å²) in [6.07, 6.45) is 1.03. The van der Waals surface area contributed by atoms with Crippen molar-refractivity contribution in [1.29, 1.82) is 0 Å². The fourth-order valence-corrected chi connectivity index (χ4v) is 2.91. The number of rotatable bonds is 8. The maximum absolute atomic E-state index is 6.12. The van der Waals surface area contributed by atoms with Crippen molar-refractivity contribution in [2.24, 2.45) is 0 Å². The Balaban J connectivity index is 1.91. The van der Waals surface area contributed by atoms with Gasteiger partial charge in [0.2, 0.25) is 0 Å². The van der Waals surface area contributed by atoms with Crippen molar-refractivity contribution < 1.29 is 4.74 Å². The molecule has 2 aromatic rings. The Labute approximate surface area is 131 Å². The minimum atomic E-state index is 0.0989. The van der Waals surface area contributed by atoms with Crippen molar-refractivity contribution >= 4 is 11.3 Å². The maximum atomic E-state index is 6.12. The maximum Gasteiger partial charge on any atom is 0.0949 e. The summed E-state index contributed by atoms with van der Waals surface area (Å²) in [4.78, 5) is 5.60. The standard InChI is InChI=1S/C17H24N2OS/c1-13(2)18-11-16(15-7-5-4-6-8-15)20-10-9-17-14(3)19-12-21-17/h4-8,12-13,16,18H,9-11H2,1-3H3. The first-order valence-corrected chi connectivity index (χ1v) is 8.33. The van der Waals surface area contributed by atoms with Crippen LogP contribution in [-0.2, 0) is 11.2 Å². The van der Waals surface area contributed by atoms with Crippen molar-refractivity contribution in [3.8, 4) is 0 Å². The summed E-state index contributed by atoms with van der Waals surface area (Å²) in [5.74, 6) is 0. The highest BCUT2D eigenvalue weighted by Crippen LogP contribution is 2.18. The van der Waals surface area contributed by atoms with Crippen molar-refractivity contribution in [2.45, 2.75) is 39.3 Å². The molecule has 0 radical (unpaired) electrons. The molecule has 1 atom stereocenters. The van der Waals surface area contributed by atoms with Crippen LogP contribution < -0.4 is 5.32 Å². The number of hydrogen-bond acceptors (Lipinski definition) is 4. The van der Waals surface area contributed by atoms with Gasteiger partial charge in [0, 0.05) is 23.9 Å². The van der Waals surface area contributed by atoms with Gasteiger partial charge in [-0.1, -0.05) is 44.2 Å². The fourth-order valence-electron chi connectivity index (χ4n) is 2.14. The van der Waals surface area contributed by atoms with Gasteiger partial charge < -0.3 is 10.1 Å². The molecule has 0 fully saturated rings. The molecule has 4 heteroatoms. The largest absolute Gasteiger partial charge is 0.372 e. The molecule has 2 rings (SSSR count). The zero-order chi connectivity index (χ0) is 15.1. The van der Waals surface area contributed by atoms with Crippen LogP contribution in [0, 0.1) is 6.92 Å². The first kappa shape index (κ1) is 16.1. The summed E-state index contributed by atoms with van der Waals surface area (Å²) in [7, 11) is 0. The third kappa shape index (κ3) is 5.23. The number of nitrogens with one attached hydrogen (secondary N) is 1. The molecule has 21 heavy (non-hydrogen) atoms. The quantitative estimate of drug-likeness (QED) is 0.806. The van der Waals surface area contributed by atoms with E-state index in [1.165, 1.54) is 10.4 Å². The predicted octanol–water partition coefficient (Wildman–Crippen LogP) is 3.75. The molecule has 0 aliphatic carbocycles. The van der Waals surface area contributed by atoms with Crippen LogP contribution in [0.1, 0.15) is 36.1 Å². The number of benzene rings is 1. The molecule has 0 aliphatic heterocycles. The van der Waals surface area contributed by atoms with Gasteiger partial charge in [0.15, 0.2) is 0 Å². The van der Waals surface area contributed by atoms with Crippen LogP contribution in [-0.4, -0.2) is 24.2 Å². The molecule has 1 N–H and O–H groups in total. The van der Waals surface area contributed by atoms with Gasteiger partial charge in [-0.15, -0.1) is 11.3 Å². The summed E-state index contributed by atoms with van der Waals surface area (Å²) >= 11 is 1.71. The zero-order valence-electron chi connectivity index (χ0n) is 13.0. The number of thiazole rings is 1. The average molecular weight is 304 g/mol. The second kappa shape index (κ2) is 8.27. The van der Waals surface area contributed by atoms with Gasteiger partial charge in [0.25, 0.3) is 0 Å². The summed E-state index contributed by atoms with van der Waals surface area (Å²) in [5, 5.41) is 3.46. The van der Waals surface area contributed by atoms with Gasteiger partial charge in [-0.25, -0.2) is 4.98 Å². The fraction of sp³-hybridized carbons (Fsp3) is 0.471. The normalized spacial score (nSPS) is 12.8. The Morgan fingerprint density at radius 1 is 1.24 bits per heavy atom.